The van der Waals surface area contributed by atoms with Gasteiger partial charge in [-0.25, -0.2) is 4.52 Å². The van der Waals surface area contributed by atoms with Crippen molar-refractivity contribution in [2.75, 3.05) is 5.32 Å². The highest BCUT2D eigenvalue weighted by Crippen LogP contribution is 2.28. The molecule has 0 aliphatic heterocycles. The molecule has 1 N–H and O–H groups in total. The van der Waals surface area contributed by atoms with Crippen molar-refractivity contribution in [2.45, 2.75) is 12.9 Å². The standard InChI is InChI=1S/C18H13F3N6O2/c19-18(20,21)29-14-4-1-3-12(9-14)13-5-6-15-23-17(25-27(15)10-13)24-16(28)11-26-8-2-7-22-26/h1-10H,11H2,(H,24,25,28). The van der Waals surface area contributed by atoms with E-state index in [0.29, 0.717) is 16.8 Å². The maximum absolute atomic E-state index is 12.4. The van der Waals surface area contributed by atoms with Gasteiger partial charge in [0.25, 0.3) is 0 Å². The van der Waals surface area contributed by atoms with E-state index in [0.717, 1.165) is 0 Å². The molecule has 0 unspecified atom stereocenters. The van der Waals surface area contributed by atoms with E-state index in [4.69, 9.17) is 0 Å². The van der Waals surface area contributed by atoms with Crippen molar-refractivity contribution in [1.29, 1.82) is 0 Å². The fraction of sp³-hybridized carbons (Fsp3) is 0.111. The van der Waals surface area contributed by atoms with Crippen molar-refractivity contribution in [2.24, 2.45) is 0 Å². The lowest BCUT2D eigenvalue weighted by Crippen LogP contribution is -2.19. The summed E-state index contributed by atoms with van der Waals surface area (Å²) >= 11 is 0. The molecule has 0 spiro atoms. The number of hydrogen-bond acceptors (Lipinski definition) is 5. The molecule has 1 aromatic carbocycles. The minimum Gasteiger partial charge on any atom is -0.406 e. The van der Waals surface area contributed by atoms with Gasteiger partial charge in [0.2, 0.25) is 11.9 Å². The fourth-order valence-electron chi connectivity index (χ4n) is 2.68. The van der Waals surface area contributed by atoms with Crippen LogP contribution >= 0.6 is 0 Å². The zero-order valence-electron chi connectivity index (χ0n) is 14.7. The number of carbonyl (C=O) groups is 1. The maximum Gasteiger partial charge on any atom is 0.573 e. The molecule has 148 valence electrons. The summed E-state index contributed by atoms with van der Waals surface area (Å²) in [5.74, 6) is -0.560. The fourth-order valence-corrected chi connectivity index (χ4v) is 2.68. The number of alkyl halides is 3. The lowest BCUT2D eigenvalue weighted by Gasteiger charge is -2.10. The van der Waals surface area contributed by atoms with Crippen LogP contribution in [0.4, 0.5) is 19.1 Å². The van der Waals surface area contributed by atoms with Gasteiger partial charge in [-0.1, -0.05) is 12.1 Å². The molecule has 0 radical (unpaired) electrons. The first-order valence-electron chi connectivity index (χ1n) is 8.36. The number of benzene rings is 1. The van der Waals surface area contributed by atoms with Crippen LogP contribution in [0.25, 0.3) is 16.8 Å². The average molecular weight is 402 g/mol. The van der Waals surface area contributed by atoms with Crippen molar-refractivity contribution in [3.8, 4) is 16.9 Å². The van der Waals surface area contributed by atoms with E-state index >= 15 is 0 Å². The van der Waals surface area contributed by atoms with Crippen LogP contribution in [0.15, 0.2) is 61.1 Å². The SMILES string of the molecule is O=C(Cn1cccn1)Nc1nc2ccc(-c3cccc(OC(F)(F)F)c3)cn2n1. The Labute approximate surface area is 161 Å². The Morgan fingerprint density at radius 3 is 2.76 bits per heavy atom. The number of hydrogen-bond donors (Lipinski definition) is 1. The van der Waals surface area contributed by atoms with E-state index in [1.807, 2.05) is 0 Å². The van der Waals surface area contributed by atoms with E-state index in [9.17, 15) is 18.0 Å². The molecular weight excluding hydrogens is 389 g/mol. The summed E-state index contributed by atoms with van der Waals surface area (Å²) in [6.07, 6.45) is 0.0439. The summed E-state index contributed by atoms with van der Waals surface area (Å²) in [7, 11) is 0. The third kappa shape index (κ3) is 4.51. The molecule has 4 aromatic rings. The Bertz CT molecular complexity index is 1150. The monoisotopic (exact) mass is 402 g/mol. The van der Waals surface area contributed by atoms with Crippen LogP contribution in [0.1, 0.15) is 0 Å². The third-order valence-electron chi connectivity index (χ3n) is 3.85. The topological polar surface area (TPSA) is 86.3 Å². The molecule has 29 heavy (non-hydrogen) atoms. The Hall–Kier alpha value is -3.89. The molecule has 0 saturated heterocycles. The Morgan fingerprint density at radius 1 is 1.14 bits per heavy atom. The quantitative estimate of drug-likeness (QED) is 0.554. The molecule has 0 saturated carbocycles. The number of halogens is 3. The van der Waals surface area contributed by atoms with Gasteiger partial charge in [-0.3, -0.25) is 14.8 Å². The van der Waals surface area contributed by atoms with Crippen LogP contribution in [-0.2, 0) is 11.3 Å². The Balaban J connectivity index is 1.54. The van der Waals surface area contributed by atoms with Gasteiger partial charge >= 0.3 is 6.36 Å². The first-order valence-corrected chi connectivity index (χ1v) is 8.36. The van der Waals surface area contributed by atoms with Crippen molar-refractivity contribution >= 4 is 17.5 Å². The van der Waals surface area contributed by atoms with Crippen LogP contribution < -0.4 is 10.1 Å². The van der Waals surface area contributed by atoms with E-state index in [-0.39, 0.29) is 24.1 Å². The van der Waals surface area contributed by atoms with E-state index in [1.54, 1.807) is 42.9 Å². The first-order chi connectivity index (χ1) is 13.9. The molecular formula is C18H13F3N6O2. The molecule has 4 rings (SSSR count). The van der Waals surface area contributed by atoms with Gasteiger partial charge < -0.3 is 4.74 Å². The van der Waals surface area contributed by atoms with E-state index in [1.165, 1.54) is 27.4 Å². The molecule has 3 heterocycles. The smallest absolute Gasteiger partial charge is 0.406 e. The number of fused-ring (bicyclic) bond motifs is 1. The summed E-state index contributed by atoms with van der Waals surface area (Å²) in [6, 6.07) is 10.6. The van der Waals surface area contributed by atoms with E-state index < -0.39 is 6.36 Å². The summed E-state index contributed by atoms with van der Waals surface area (Å²) in [6.45, 7) is 0.0137. The summed E-state index contributed by atoms with van der Waals surface area (Å²) in [5.41, 5.74) is 1.57. The van der Waals surface area contributed by atoms with Gasteiger partial charge in [0, 0.05) is 24.2 Å². The second-order valence-corrected chi connectivity index (χ2v) is 5.98. The largest absolute Gasteiger partial charge is 0.573 e. The number of ether oxygens (including phenoxy) is 1. The van der Waals surface area contributed by atoms with Crippen LogP contribution in [0.5, 0.6) is 5.75 Å². The summed E-state index contributed by atoms with van der Waals surface area (Å²) in [5, 5.41) is 10.7. The van der Waals surface area contributed by atoms with Gasteiger partial charge in [0.05, 0.1) is 0 Å². The number of aromatic nitrogens is 5. The number of pyridine rings is 1. The number of rotatable bonds is 5. The maximum atomic E-state index is 12.4. The first kappa shape index (κ1) is 18.5. The van der Waals surface area contributed by atoms with Crippen molar-refractivity contribution < 1.29 is 22.7 Å². The van der Waals surface area contributed by atoms with Crippen molar-refractivity contribution in [1.82, 2.24) is 24.4 Å². The predicted molar refractivity (Wildman–Crippen MR) is 96.0 cm³/mol. The highest BCUT2D eigenvalue weighted by atomic mass is 19.4. The van der Waals surface area contributed by atoms with Crippen LogP contribution in [0, 0.1) is 0 Å². The third-order valence-corrected chi connectivity index (χ3v) is 3.85. The number of nitrogens with zero attached hydrogens (tertiary/aromatic N) is 5. The minimum absolute atomic E-state index is 0.0137. The summed E-state index contributed by atoms with van der Waals surface area (Å²) < 4.78 is 44.1. The van der Waals surface area contributed by atoms with Crippen LogP contribution in [0.3, 0.4) is 0 Å². The summed E-state index contributed by atoms with van der Waals surface area (Å²) in [4.78, 5) is 16.2. The number of amides is 1. The van der Waals surface area contributed by atoms with Gasteiger partial charge in [0.15, 0.2) is 5.65 Å². The van der Waals surface area contributed by atoms with Gasteiger partial charge in [-0.05, 0) is 35.9 Å². The number of anilines is 1. The highest BCUT2D eigenvalue weighted by Gasteiger charge is 2.31. The van der Waals surface area contributed by atoms with Gasteiger partial charge in [0.1, 0.15) is 12.3 Å². The molecule has 0 aliphatic carbocycles. The minimum atomic E-state index is -4.77. The van der Waals surface area contributed by atoms with Gasteiger partial charge in [-0.2, -0.15) is 10.1 Å². The molecule has 0 atom stereocenters. The number of carbonyl (C=O) groups excluding carboxylic acids is 1. The molecule has 8 nitrogen and oxygen atoms in total. The molecule has 0 aliphatic rings. The second-order valence-electron chi connectivity index (χ2n) is 5.98. The van der Waals surface area contributed by atoms with Crippen LogP contribution in [-0.4, -0.2) is 36.6 Å². The molecule has 0 fully saturated rings. The number of nitrogens with one attached hydrogen (secondary N) is 1. The van der Waals surface area contributed by atoms with Gasteiger partial charge in [-0.15, -0.1) is 18.3 Å². The molecule has 0 bridgehead atoms. The lowest BCUT2D eigenvalue weighted by molar-refractivity contribution is -0.274. The highest BCUT2D eigenvalue weighted by molar-refractivity contribution is 5.88. The zero-order valence-corrected chi connectivity index (χ0v) is 14.7. The second kappa shape index (κ2) is 7.26. The molecule has 1 amide bonds. The Morgan fingerprint density at radius 2 is 2.00 bits per heavy atom. The normalized spacial score (nSPS) is 11.6. The molecule has 3 aromatic heterocycles. The van der Waals surface area contributed by atoms with Crippen molar-refractivity contribution in [3.05, 3.63) is 61.1 Å². The average Bonchev–Trinajstić information content (AvgIpc) is 3.28. The van der Waals surface area contributed by atoms with Crippen LogP contribution in [0.2, 0.25) is 0 Å². The van der Waals surface area contributed by atoms with E-state index in [2.05, 4.69) is 25.2 Å². The predicted octanol–water partition coefficient (Wildman–Crippen LogP) is 3.13. The lowest BCUT2D eigenvalue weighted by atomic mass is 10.1. The van der Waals surface area contributed by atoms with Crippen molar-refractivity contribution in [3.63, 3.8) is 0 Å². The zero-order chi connectivity index (χ0) is 20.4. The molecule has 11 heteroatoms. The Kier molecular flexibility index (Phi) is 4.63.